The Balaban J connectivity index is 1.80. The number of rotatable bonds is 6. The average Bonchev–Trinajstić information content (AvgIpc) is 2.96. The normalized spacial score (nSPS) is 18.3. The van der Waals surface area contributed by atoms with E-state index in [2.05, 4.69) is 5.32 Å². The van der Waals surface area contributed by atoms with Crippen molar-refractivity contribution in [3.8, 4) is 5.75 Å². The molecule has 4 heteroatoms. The average molecular weight is 263 g/mol. The maximum Gasteiger partial charge on any atom is 0.341 e. The van der Waals surface area contributed by atoms with Gasteiger partial charge in [0.15, 0.2) is 0 Å². The molecule has 0 amide bonds. The molecule has 1 aliphatic rings. The van der Waals surface area contributed by atoms with E-state index in [0.717, 1.165) is 25.4 Å². The maximum atomic E-state index is 11.6. The molecule has 4 nitrogen and oxygen atoms in total. The smallest absolute Gasteiger partial charge is 0.341 e. The molecule has 0 bridgehead atoms. The lowest BCUT2D eigenvalue weighted by atomic mass is 10.0. The number of hydrogen-bond donors (Lipinski definition) is 1. The molecule has 104 valence electrons. The second-order valence-electron chi connectivity index (χ2n) is 4.84. The fraction of sp³-hybridized carbons (Fsp3) is 0.533. The van der Waals surface area contributed by atoms with Gasteiger partial charge in [-0.05, 0) is 50.4 Å². The first-order valence-corrected chi connectivity index (χ1v) is 6.82. The summed E-state index contributed by atoms with van der Waals surface area (Å²) in [6.07, 6.45) is 3.45. The predicted octanol–water partition coefficient (Wildman–Crippen LogP) is 2.24. The van der Waals surface area contributed by atoms with Crippen LogP contribution in [-0.2, 0) is 4.74 Å². The first kappa shape index (κ1) is 13.9. The van der Waals surface area contributed by atoms with Gasteiger partial charge in [-0.15, -0.1) is 0 Å². The summed E-state index contributed by atoms with van der Waals surface area (Å²) in [6.45, 7) is 2.90. The highest BCUT2D eigenvalue weighted by Gasteiger charge is 2.14. The number of nitrogens with one attached hydrogen (secondary N) is 1. The van der Waals surface area contributed by atoms with Crippen molar-refractivity contribution in [2.24, 2.45) is 5.92 Å². The molecular weight excluding hydrogens is 242 g/mol. The zero-order valence-corrected chi connectivity index (χ0v) is 11.4. The lowest BCUT2D eigenvalue weighted by Crippen LogP contribution is -2.10. The van der Waals surface area contributed by atoms with E-state index < -0.39 is 0 Å². The van der Waals surface area contributed by atoms with Gasteiger partial charge < -0.3 is 14.8 Å². The molecule has 1 unspecified atom stereocenters. The summed E-state index contributed by atoms with van der Waals surface area (Å²) in [4.78, 5) is 11.6. The van der Waals surface area contributed by atoms with E-state index in [0.29, 0.717) is 17.9 Å². The summed E-state index contributed by atoms with van der Waals surface area (Å²) in [5.74, 6) is 1.04. The summed E-state index contributed by atoms with van der Waals surface area (Å²) in [5, 5.41) is 3.36. The standard InChI is InChI=1S/C15H21NO3/c1-18-15(17)13-6-2-3-7-14(13)19-10-4-5-12-8-9-16-11-12/h2-3,6-7,12,16H,4-5,8-11H2,1H3. The van der Waals surface area contributed by atoms with Crippen molar-refractivity contribution >= 4 is 5.97 Å². The largest absolute Gasteiger partial charge is 0.493 e. The Kier molecular flexibility index (Phi) is 5.21. The number of ether oxygens (including phenoxy) is 2. The van der Waals surface area contributed by atoms with Gasteiger partial charge in [-0.3, -0.25) is 0 Å². The third-order valence-electron chi connectivity index (χ3n) is 3.47. The lowest BCUT2D eigenvalue weighted by molar-refractivity contribution is 0.0596. The molecule has 1 N–H and O–H groups in total. The highest BCUT2D eigenvalue weighted by atomic mass is 16.5. The topological polar surface area (TPSA) is 47.6 Å². The Bertz CT molecular complexity index is 414. The molecule has 1 saturated heterocycles. The fourth-order valence-corrected chi connectivity index (χ4v) is 2.39. The molecule has 1 aliphatic heterocycles. The highest BCUT2D eigenvalue weighted by Crippen LogP contribution is 2.20. The first-order chi connectivity index (χ1) is 9.31. The minimum Gasteiger partial charge on any atom is -0.493 e. The molecule has 1 aromatic carbocycles. The fourth-order valence-electron chi connectivity index (χ4n) is 2.39. The van der Waals surface area contributed by atoms with Crippen LogP contribution < -0.4 is 10.1 Å². The van der Waals surface area contributed by atoms with E-state index in [9.17, 15) is 4.79 Å². The van der Waals surface area contributed by atoms with Crippen LogP contribution in [0.15, 0.2) is 24.3 Å². The van der Waals surface area contributed by atoms with Crippen LogP contribution >= 0.6 is 0 Å². The van der Waals surface area contributed by atoms with Crippen LogP contribution in [0.1, 0.15) is 29.6 Å². The molecular formula is C15H21NO3. The van der Waals surface area contributed by atoms with Crippen LogP contribution in [0.2, 0.25) is 0 Å². The summed E-state index contributed by atoms with van der Waals surface area (Å²) in [7, 11) is 1.38. The number of benzene rings is 1. The molecule has 2 rings (SSSR count). The minimum atomic E-state index is -0.351. The van der Waals surface area contributed by atoms with E-state index >= 15 is 0 Å². The Morgan fingerprint density at radius 2 is 2.26 bits per heavy atom. The molecule has 0 aromatic heterocycles. The molecule has 1 atom stereocenters. The summed E-state index contributed by atoms with van der Waals surface area (Å²) >= 11 is 0. The van der Waals surface area contributed by atoms with Crippen molar-refractivity contribution in [3.05, 3.63) is 29.8 Å². The van der Waals surface area contributed by atoms with Crippen molar-refractivity contribution in [3.63, 3.8) is 0 Å². The van der Waals surface area contributed by atoms with Crippen LogP contribution in [0, 0.1) is 5.92 Å². The van der Waals surface area contributed by atoms with Crippen molar-refractivity contribution in [2.45, 2.75) is 19.3 Å². The van der Waals surface area contributed by atoms with Crippen LogP contribution in [0.3, 0.4) is 0 Å². The molecule has 1 aromatic rings. The molecule has 1 heterocycles. The Labute approximate surface area is 114 Å². The van der Waals surface area contributed by atoms with Crippen LogP contribution in [0.5, 0.6) is 5.75 Å². The Morgan fingerprint density at radius 3 is 3.00 bits per heavy atom. The summed E-state index contributed by atoms with van der Waals surface area (Å²) in [5.41, 5.74) is 0.493. The van der Waals surface area contributed by atoms with E-state index in [-0.39, 0.29) is 5.97 Å². The van der Waals surface area contributed by atoms with Gasteiger partial charge in [0.05, 0.1) is 13.7 Å². The van der Waals surface area contributed by atoms with Gasteiger partial charge in [-0.25, -0.2) is 4.79 Å². The minimum absolute atomic E-state index is 0.351. The number of hydrogen-bond acceptors (Lipinski definition) is 4. The molecule has 19 heavy (non-hydrogen) atoms. The van der Waals surface area contributed by atoms with Crippen molar-refractivity contribution in [1.29, 1.82) is 0 Å². The second kappa shape index (κ2) is 7.14. The predicted molar refractivity (Wildman–Crippen MR) is 73.5 cm³/mol. The zero-order valence-electron chi connectivity index (χ0n) is 11.4. The van der Waals surface area contributed by atoms with E-state index in [1.54, 1.807) is 6.07 Å². The zero-order chi connectivity index (χ0) is 13.5. The number of esters is 1. The summed E-state index contributed by atoms with van der Waals surface area (Å²) < 4.78 is 10.4. The van der Waals surface area contributed by atoms with Gasteiger partial charge in [0.2, 0.25) is 0 Å². The quantitative estimate of drug-likeness (QED) is 0.631. The van der Waals surface area contributed by atoms with Crippen molar-refractivity contribution < 1.29 is 14.3 Å². The molecule has 0 radical (unpaired) electrons. The van der Waals surface area contributed by atoms with E-state index in [1.165, 1.54) is 20.0 Å². The molecule has 0 saturated carbocycles. The van der Waals surface area contributed by atoms with Crippen molar-refractivity contribution in [2.75, 3.05) is 26.8 Å². The molecule has 0 spiro atoms. The van der Waals surface area contributed by atoms with Gasteiger partial charge in [0.1, 0.15) is 11.3 Å². The highest BCUT2D eigenvalue weighted by molar-refractivity contribution is 5.92. The van der Waals surface area contributed by atoms with Crippen LogP contribution in [0.25, 0.3) is 0 Å². The van der Waals surface area contributed by atoms with Gasteiger partial charge in [-0.1, -0.05) is 12.1 Å². The Morgan fingerprint density at radius 1 is 1.42 bits per heavy atom. The van der Waals surface area contributed by atoms with Crippen LogP contribution in [0.4, 0.5) is 0 Å². The first-order valence-electron chi connectivity index (χ1n) is 6.82. The number of carbonyl (C=O) groups excluding carboxylic acids is 1. The summed E-state index contributed by atoms with van der Waals surface area (Å²) in [6, 6.07) is 7.21. The van der Waals surface area contributed by atoms with Gasteiger partial charge in [-0.2, -0.15) is 0 Å². The second-order valence-corrected chi connectivity index (χ2v) is 4.84. The third-order valence-corrected chi connectivity index (χ3v) is 3.47. The van der Waals surface area contributed by atoms with Gasteiger partial charge in [0.25, 0.3) is 0 Å². The van der Waals surface area contributed by atoms with Crippen molar-refractivity contribution in [1.82, 2.24) is 5.32 Å². The Hall–Kier alpha value is -1.55. The van der Waals surface area contributed by atoms with Crippen LogP contribution in [-0.4, -0.2) is 32.8 Å². The third kappa shape index (κ3) is 3.96. The molecule has 0 aliphatic carbocycles. The monoisotopic (exact) mass is 263 g/mol. The SMILES string of the molecule is COC(=O)c1ccccc1OCCCC1CCNC1. The molecule has 1 fully saturated rings. The van der Waals surface area contributed by atoms with E-state index in [4.69, 9.17) is 9.47 Å². The number of para-hydroxylation sites is 1. The number of methoxy groups -OCH3 is 1. The van der Waals surface area contributed by atoms with Gasteiger partial charge >= 0.3 is 5.97 Å². The lowest BCUT2D eigenvalue weighted by Gasteiger charge is -2.11. The van der Waals surface area contributed by atoms with E-state index in [1.807, 2.05) is 18.2 Å². The van der Waals surface area contributed by atoms with Gasteiger partial charge in [0, 0.05) is 0 Å². The number of carbonyl (C=O) groups is 1. The maximum absolute atomic E-state index is 11.6.